The van der Waals surface area contributed by atoms with Crippen LogP contribution in [0.3, 0.4) is 0 Å². The van der Waals surface area contributed by atoms with E-state index in [4.69, 9.17) is 0 Å². The summed E-state index contributed by atoms with van der Waals surface area (Å²) in [6.07, 6.45) is 2.87. The summed E-state index contributed by atoms with van der Waals surface area (Å²) in [5.41, 5.74) is -1.22. The van der Waals surface area contributed by atoms with Crippen LogP contribution < -0.4 is 5.11 Å². The summed E-state index contributed by atoms with van der Waals surface area (Å²) in [7, 11) is 0. The Hall–Kier alpha value is -3.15. The molecule has 0 atom stereocenters. The summed E-state index contributed by atoms with van der Waals surface area (Å²) in [6, 6.07) is 2.51. The minimum absolute atomic E-state index is 0.0983. The summed E-state index contributed by atoms with van der Waals surface area (Å²) in [5, 5.41) is 11.3. The highest BCUT2D eigenvalue weighted by Gasteiger charge is 2.25. The predicted molar refractivity (Wildman–Crippen MR) is 72.1 cm³/mol. The summed E-state index contributed by atoms with van der Waals surface area (Å²) >= 11 is 0. The molecule has 21 heavy (non-hydrogen) atoms. The molecule has 1 rings (SSSR count). The number of ether oxygens (including phenoxy) is 2. The highest BCUT2D eigenvalue weighted by molar-refractivity contribution is 6.11. The Kier molecular flexibility index (Phi) is 5.19. The highest BCUT2D eigenvalue weighted by atomic mass is 16.5. The third-order valence-electron chi connectivity index (χ3n) is 2.47. The van der Waals surface area contributed by atoms with Crippen molar-refractivity contribution in [2.45, 2.75) is 0 Å². The quantitative estimate of drug-likeness (QED) is 0.578. The molecule has 1 aromatic carbocycles. The van der Waals surface area contributed by atoms with Gasteiger partial charge in [-0.3, -0.25) is 0 Å². The molecule has 0 aliphatic rings. The maximum Gasteiger partial charge on any atom is 0.344 e. The molecule has 0 N–H and O–H groups in total. The van der Waals surface area contributed by atoms with Crippen LogP contribution in [0.15, 0.2) is 44.4 Å². The number of hydrogen-bond donors (Lipinski definition) is 0. The first-order chi connectivity index (χ1) is 9.97. The third kappa shape index (κ3) is 3.24. The Morgan fingerprint density at radius 2 is 1.52 bits per heavy atom. The van der Waals surface area contributed by atoms with Gasteiger partial charge in [0.05, 0.1) is 29.6 Å². The van der Waals surface area contributed by atoms with E-state index >= 15 is 0 Å². The Morgan fingerprint density at radius 3 is 2.00 bits per heavy atom. The number of hydrogen-bond acceptors (Lipinski definition) is 6. The molecule has 0 spiro atoms. The van der Waals surface area contributed by atoms with E-state index in [2.05, 4.69) is 29.2 Å². The zero-order chi connectivity index (χ0) is 16.0. The summed E-state index contributed by atoms with van der Waals surface area (Å²) in [4.78, 5) is 35.0. The van der Waals surface area contributed by atoms with Gasteiger partial charge in [-0.1, -0.05) is 31.9 Å². The first-order valence-corrected chi connectivity index (χ1v) is 5.62. The summed E-state index contributed by atoms with van der Waals surface area (Å²) in [5.74, 6) is -3.70. The molecule has 0 aliphatic heterocycles. The third-order valence-corrected chi connectivity index (χ3v) is 2.47. The van der Waals surface area contributed by atoms with E-state index in [1.165, 1.54) is 18.2 Å². The summed E-state index contributed by atoms with van der Waals surface area (Å²) < 4.78 is 9.11. The van der Waals surface area contributed by atoms with Crippen molar-refractivity contribution in [2.75, 3.05) is 0 Å². The number of esters is 2. The second-order valence-corrected chi connectivity index (χ2v) is 3.59. The lowest BCUT2D eigenvalue weighted by Crippen LogP contribution is -2.28. The van der Waals surface area contributed by atoms with Gasteiger partial charge in [0.2, 0.25) is 0 Å². The largest absolute Gasteiger partial charge is 0.545 e. The van der Waals surface area contributed by atoms with Gasteiger partial charge >= 0.3 is 11.9 Å². The van der Waals surface area contributed by atoms with Crippen molar-refractivity contribution in [3.63, 3.8) is 0 Å². The topological polar surface area (TPSA) is 92.7 Å². The van der Waals surface area contributed by atoms with Crippen LogP contribution in [0.5, 0.6) is 0 Å². The zero-order valence-electron chi connectivity index (χ0n) is 11.0. The first kappa shape index (κ1) is 15.9. The number of benzene rings is 1. The lowest BCUT2D eigenvalue weighted by atomic mass is 9.95. The predicted octanol–water partition coefficient (Wildman–Crippen LogP) is 1.29. The van der Waals surface area contributed by atoms with Crippen molar-refractivity contribution in [3.8, 4) is 0 Å². The van der Waals surface area contributed by atoms with Crippen LogP contribution in [0.4, 0.5) is 0 Å². The van der Waals surface area contributed by atoms with Gasteiger partial charge in [0.15, 0.2) is 0 Å². The van der Waals surface area contributed by atoms with Gasteiger partial charge in [0.1, 0.15) is 0 Å². The van der Waals surface area contributed by atoms with Crippen molar-refractivity contribution in [2.24, 2.45) is 0 Å². The number of carboxylic acids is 1. The number of carboxylic acid groups (broad SMARTS) is 1. The normalized spacial score (nSPS) is 9.33. The van der Waals surface area contributed by atoms with Crippen LogP contribution in [0.25, 0.3) is 6.08 Å². The van der Waals surface area contributed by atoms with Crippen LogP contribution >= 0.6 is 0 Å². The van der Waals surface area contributed by atoms with Gasteiger partial charge in [-0.05, 0) is 11.6 Å². The lowest BCUT2D eigenvalue weighted by molar-refractivity contribution is -0.255. The zero-order valence-corrected chi connectivity index (χ0v) is 11.0. The van der Waals surface area contributed by atoms with E-state index in [1.54, 1.807) is 0 Å². The van der Waals surface area contributed by atoms with Crippen LogP contribution in [0.1, 0.15) is 36.6 Å². The molecular formula is C15H11O6-. The van der Waals surface area contributed by atoms with Crippen LogP contribution in [-0.2, 0) is 9.47 Å². The molecule has 0 saturated heterocycles. The molecule has 0 unspecified atom stereocenters. The molecule has 0 aromatic heterocycles. The van der Waals surface area contributed by atoms with E-state index in [0.29, 0.717) is 0 Å². The van der Waals surface area contributed by atoms with E-state index in [1.807, 2.05) is 0 Å². The fourth-order valence-electron chi connectivity index (χ4n) is 1.66. The van der Waals surface area contributed by atoms with Crippen LogP contribution in [-0.4, -0.2) is 17.9 Å². The van der Waals surface area contributed by atoms with Gasteiger partial charge in [-0.2, -0.15) is 0 Å². The molecule has 6 heteroatoms. The summed E-state index contributed by atoms with van der Waals surface area (Å²) in [6.45, 7) is 9.84. The molecule has 0 saturated carbocycles. The van der Waals surface area contributed by atoms with Gasteiger partial charge < -0.3 is 19.4 Å². The van der Waals surface area contributed by atoms with Gasteiger partial charge in [0.25, 0.3) is 0 Å². The average Bonchev–Trinajstić information content (AvgIpc) is 2.45. The van der Waals surface area contributed by atoms with E-state index < -0.39 is 29.0 Å². The van der Waals surface area contributed by atoms with E-state index in [-0.39, 0.29) is 11.1 Å². The maximum absolute atomic E-state index is 11.9. The van der Waals surface area contributed by atoms with Gasteiger partial charge in [-0.15, -0.1) is 0 Å². The second-order valence-electron chi connectivity index (χ2n) is 3.59. The standard InChI is InChI=1S/C15H12O6/c1-4-9-7-8-10(14(18)20-5-2)12(11(9)13(16)17)15(19)21-6-3/h4-8H,1-3H2,(H,16,17)/p-1. The van der Waals surface area contributed by atoms with Gasteiger partial charge in [0, 0.05) is 5.56 Å². The van der Waals surface area contributed by atoms with E-state index in [9.17, 15) is 19.5 Å². The molecule has 0 heterocycles. The monoisotopic (exact) mass is 287 g/mol. The molecule has 108 valence electrons. The number of carbonyl (C=O) groups excluding carboxylic acids is 3. The first-order valence-electron chi connectivity index (χ1n) is 5.62. The molecule has 0 bridgehead atoms. The van der Waals surface area contributed by atoms with Gasteiger partial charge in [-0.25, -0.2) is 9.59 Å². The van der Waals surface area contributed by atoms with E-state index in [0.717, 1.165) is 12.5 Å². The minimum atomic E-state index is -1.66. The Balaban J connectivity index is 3.69. The molecule has 0 fully saturated rings. The van der Waals surface area contributed by atoms with Crippen molar-refractivity contribution in [1.82, 2.24) is 0 Å². The maximum atomic E-state index is 11.9. The number of aromatic carboxylic acids is 1. The van der Waals surface area contributed by atoms with Crippen molar-refractivity contribution < 1.29 is 29.0 Å². The number of carbonyl (C=O) groups is 3. The fourth-order valence-corrected chi connectivity index (χ4v) is 1.66. The van der Waals surface area contributed by atoms with Crippen molar-refractivity contribution in [3.05, 3.63) is 66.6 Å². The van der Waals surface area contributed by atoms with Crippen molar-refractivity contribution in [1.29, 1.82) is 0 Å². The average molecular weight is 287 g/mol. The molecule has 1 aromatic rings. The molecular weight excluding hydrogens is 276 g/mol. The fraction of sp³-hybridized carbons (Fsp3) is 0. The van der Waals surface area contributed by atoms with Crippen molar-refractivity contribution >= 4 is 24.0 Å². The Bertz CT molecular complexity index is 642. The molecule has 6 nitrogen and oxygen atoms in total. The number of rotatable bonds is 6. The lowest BCUT2D eigenvalue weighted by Gasteiger charge is -2.15. The highest BCUT2D eigenvalue weighted by Crippen LogP contribution is 2.22. The molecule has 0 amide bonds. The van der Waals surface area contributed by atoms with Crippen LogP contribution in [0.2, 0.25) is 0 Å². The molecule has 0 radical (unpaired) electrons. The molecule has 0 aliphatic carbocycles. The Morgan fingerprint density at radius 1 is 0.952 bits per heavy atom. The smallest absolute Gasteiger partial charge is 0.344 e. The SMILES string of the molecule is C=COC(=O)c1ccc(C=C)c(C(=O)[O-])c1C(=O)OC=C. The van der Waals surface area contributed by atoms with Crippen LogP contribution in [0, 0.1) is 0 Å². The second kappa shape index (κ2) is 6.85. The Labute approximate surface area is 120 Å². The minimum Gasteiger partial charge on any atom is -0.545 e.